The molecule has 7 saturated heterocycles. The highest BCUT2D eigenvalue weighted by molar-refractivity contribution is 5.79. The molecule has 7 rings (SSSR count). The summed E-state index contributed by atoms with van der Waals surface area (Å²) in [6, 6.07) is 0. The van der Waals surface area contributed by atoms with Crippen molar-refractivity contribution in [3.05, 3.63) is 12.2 Å². The number of aliphatic hydroxyl groups excluding tert-OH is 3. The predicted octanol–water partition coefficient (Wildman–Crippen LogP) is 3.14. The molecule has 0 aromatic heterocycles. The molecule has 7 aliphatic heterocycles. The minimum absolute atomic E-state index is 0.0258. The van der Waals surface area contributed by atoms with E-state index in [-0.39, 0.29) is 104 Å². The molecule has 0 aromatic rings. The standard InChI is InChI=1S/C40H65NO11/c1-20-11-26-7-9-31-21(2)12-25(47-31)5-6-28-16-30(44)38(45)35-18-37(49-28)40-32(51-35)10-8-27(50-40)13-23(42)14-29-34(17-33(48-26)22(20)3)52-36(39(29)46-4)15-24(43)19-41/h20,22,24-40,43-45H,2,5-19,41H2,1,3-4H3/t20-,22?,24+,25+,26+,27-,28+,29+,30-,31+,32+,33-,34+,35-,36-,37?,38+,39-,40+/m1/s1. The highest BCUT2D eigenvalue weighted by atomic mass is 16.6. The molecule has 19 atom stereocenters. The van der Waals surface area contributed by atoms with Crippen LogP contribution in [-0.4, -0.2) is 132 Å². The monoisotopic (exact) mass is 735 g/mol. The molecule has 0 aromatic carbocycles. The minimum Gasteiger partial charge on any atom is -0.392 e. The third-order valence-electron chi connectivity index (χ3n) is 13.7. The van der Waals surface area contributed by atoms with Gasteiger partial charge < -0.3 is 54.2 Å². The van der Waals surface area contributed by atoms with Crippen LogP contribution in [-0.2, 0) is 38.0 Å². The lowest BCUT2D eigenvalue weighted by molar-refractivity contribution is -0.275. The largest absolute Gasteiger partial charge is 0.392 e. The smallest absolute Gasteiger partial charge is 0.135 e. The summed E-state index contributed by atoms with van der Waals surface area (Å²) >= 11 is 0. The Morgan fingerprint density at radius 1 is 0.769 bits per heavy atom. The summed E-state index contributed by atoms with van der Waals surface area (Å²) in [5.41, 5.74) is 6.92. The van der Waals surface area contributed by atoms with Gasteiger partial charge in [-0.25, -0.2) is 0 Å². The van der Waals surface area contributed by atoms with Crippen LogP contribution < -0.4 is 5.73 Å². The number of rotatable bonds is 4. The van der Waals surface area contributed by atoms with Crippen molar-refractivity contribution >= 4 is 5.78 Å². The van der Waals surface area contributed by atoms with Crippen LogP contribution in [0.3, 0.4) is 0 Å². The summed E-state index contributed by atoms with van der Waals surface area (Å²) in [6.45, 7) is 9.08. The van der Waals surface area contributed by atoms with E-state index in [2.05, 4.69) is 20.4 Å². The molecule has 9 bridgehead atoms. The summed E-state index contributed by atoms with van der Waals surface area (Å²) in [5, 5.41) is 32.6. The molecule has 7 heterocycles. The van der Waals surface area contributed by atoms with Crippen LogP contribution in [0.4, 0.5) is 0 Å². The number of fused-ring (bicyclic) bond motifs is 8. The van der Waals surface area contributed by atoms with E-state index in [1.54, 1.807) is 7.11 Å². The fourth-order valence-electron chi connectivity index (χ4n) is 10.6. The number of Topliss-reactive ketones (excluding diaryl/α,β-unsaturated/α-hetero) is 1. The van der Waals surface area contributed by atoms with E-state index < -0.39 is 24.4 Å². The molecule has 12 heteroatoms. The normalized spacial score (nSPS) is 49.8. The van der Waals surface area contributed by atoms with E-state index in [1.807, 2.05) is 0 Å². The second-order valence-electron chi connectivity index (χ2n) is 17.4. The molecule has 296 valence electrons. The summed E-state index contributed by atoms with van der Waals surface area (Å²) in [7, 11) is 1.66. The van der Waals surface area contributed by atoms with E-state index in [1.165, 1.54) is 0 Å². The average Bonchev–Trinajstić information content (AvgIpc) is 3.64. The molecule has 7 aliphatic rings. The zero-order valence-electron chi connectivity index (χ0n) is 31.5. The number of ketones is 1. The van der Waals surface area contributed by atoms with Crippen LogP contribution in [0.2, 0.25) is 0 Å². The van der Waals surface area contributed by atoms with Crippen LogP contribution >= 0.6 is 0 Å². The first-order valence-electron chi connectivity index (χ1n) is 20.4. The maximum absolute atomic E-state index is 14.0. The van der Waals surface area contributed by atoms with Crippen LogP contribution in [0.5, 0.6) is 0 Å². The van der Waals surface area contributed by atoms with Crippen molar-refractivity contribution in [1.82, 2.24) is 0 Å². The Morgan fingerprint density at radius 3 is 2.25 bits per heavy atom. The van der Waals surface area contributed by atoms with Crippen molar-refractivity contribution in [3.63, 3.8) is 0 Å². The summed E-state index contributed by atoms with van der Waals surface area (Å²) < 4.78 is 46.0. The molecular formula is C40H65NO11. The number of aliphatic hydroxyl groups is 3. The van der Waals surface area contributed by atoms with Gasteiger partial charge in [-0.3, -0.25) is 4.79 Å². The van der Waals surface area contributed by atoms with Crippen molar-refractivity contribution in [1.29, 1.82) is 0 Å². The quantitative estimate of drug-likeness (QED) is 0.312. The van der Waals surface area contributed by atoms with Gasteiger partial charge in [-0.05, 0) is 68.8 Å². The number of carbonyl (C=O) groups excluding carboxylic acids is 1. The Bertz CT molecular complexity index is 1220. The number of ether oxygens (including phenoxy) is 7. The minimum atomic E-state index is -1.00. The van der Waals surface area contributed by atoms with Gasteiger partial charge in [-0.1, -0.05) is 20.4 Å². The summed E-state index contributed by atoms with van der Waals surface area (Å²) in [4.78, 5) is 14.0. The SMILES string of the molecule is C=C1C[C@@H]2CC[C@H]3C[C@@H](O)[C@H](O)[C@H]4CC(O3)[C@H]3O[C@H](CC[C@@H]3O4)CC(=O)C[C@@H]3[C@@H](OC)[C@@H](C[C@H](O)CN)O[C@H]3C[C@H]3O[C@@H](CC[C@@H]1O2)C[C@@H](C)C3C. The third-order valence-corrected chi connectivity index (χ3v) is 13.7. The fraction of sp³-hybridized carbons (Fsp3) is 0.925. The van der Waals surface area contributed by atoms with Crippen LogP contribution in [0.1, 0.15) is 104 Å². The zero-order chi connectivity index (χ0) is 36.7. The molecule has 0 spiro atoms. The lowest BCUT2D eigenvalue weighted by Gasteiger charge is -2.49. The second kappa shape index (κ2) is 17.0. The first-order chi connectivity index (χ1) is 25.0. The Morgan fingerprint density at radius 2 is 1.46 bits per heavy atom. The van der Waals surface area contributed by atoms with Gasteiger partial charge in [0.1, 0.15) is 18.0 Å². The van der Waals surface area contributed by atoms with Crippen molar-refractivity contribution in [3.8, 4) is 0 Å². The molecule has 52 heavy (non-hydrogen) atoms. The second-order valence-corrected chi connectivity index (χ2v) is 17.4. The third kappa shape index (κ3) is 8.68. The fourth-order valence-corrected chi connectivity index (χ4v) is 10.6. The topological polar surface area (TPSA) is 168 Å². The lowest BCUT2D eigenvalue weighted by Crippen LogP contribution is -2.60. The molecule has 0 saturated carbocycles. The number of carbonyl (C=O) groups is 1. The molecule has 12 nitrogen and oxygen atoms in total. The van der Waals surface area contributed by atoms with Crippen molar-refractivity contribution in [2.45, 2.75) is 201 Å². The van der Waals surface area contributed by atoms with Crippen LogP contribution in [0.15, 0.2) is 12.2 Å². The summed E-state index contributed by atoms with van der Waals surface area (Å²) in [5.74, 6) is 0.656. The van der Waals surface area contributed by atoms with Gasteiger partial charge in [0.2, 0.25) is 0 Å². The van der Waals surface area contributed by atoms with Gasteiger partial charge in [0.25, 0.3) is 0 Å². The molecule has 7 fully saturated rings. The van der Waals surface area contributed by atoms with Crippen LogP contribution in [0, 0.1) is 17.8 Å². The van der Waals surface area contributed by atoms with Gasteiger partial charge >= 0.3 is 0 Å². The first-order valence-corrected chi connectivity index (χ1v) is 20.4. The van der Waals surface area contributed by atoms with E-state index in [4.69, 9.17) is 38.9 Å². The van der Waals surface area contributed by atoms with Gasteiger partial charge in [0, 0.05) is 58.1 Å². The van der Waals surface area contributed by atoms with Crippen molar-refractivity contribution in [2.24, 2.45) is 23.5 Å². The maximum Gasteiger partial charge on any atom is 0.135 e. The lowest BCUT2D eigenvalue weighted by atomic mass is 9.78. The average molecular weight is 736 g/mol. The van der Waals surface area contributed by atoms with Gasteiger partial charge in [0.15, 0.2) is 0 Å². The molecular weight excluding hydrogens is 670 g/mol. The molecule has 0 amide bonds. The predicted molar refractivity (Wildman–Crippen MR) is 190 cm³/mol. The highest BCUT2D eigenvalue weighted by Gasteiger charge is 2.51. The van der Waals surface area contributed by atoms with Gasteiger partial charge in [-0.15, -0.1) is 0 Å². The highest BCUT2D eigenvalue weighted by Crippen LogP contribution is 2.43. The van der Waals surface area contributed by atoms with E-state index in [0.717, 1.165) is 37.7 Å². The van der Waals surface area contributed by atoms with Gasteiger partial charge in [-0.2, -0.15) is 0 Å². The Hall–Kier alpha value is -1.03. The van der Waals surface area contributed by atoms with E-state index in [0.29, 0.717) is 56.8 Å². The Kier molecular flexibility index (Phi) is 12.8. The molecule has 0 radical (unpaired) electrons. The van der Waals surface area contributed by atoms with Crippen molar-refractivity contribution in [2.75, 3.05) is 13.7 Å². The maximum atomic E-state index is 14.0. The van der Waals surface area contributed by atoms with E-state index in [9.17, 15) is 20.1 Å². The number of hydrogen-bond acceptors (Lipinski definition) is 12. The first kappa shape index (κ1) is 39.2. The molecule has 0 aliphatic carbocycles. The zero-order valence-corrected chi connectivity index (χ0v) is 31.5. The number of hydrogen-bond donors (Lipinski definition) is 4. The molecule has 2 unspecified atom stereocenters. The Balaban J connectivity index is 1.14. The summed E-state index contributed by atoms with van der Waals surface area (Å²) in [6.07, 6.45) is 2.78. The number of nitrogens with two attached hydrogens (primary N) is 1. The number of methoxy groups -OCH3 is 1. The van der Waals surface area contributed by atoms with Crippen molar-refractivity contribution < 1.29 is 53.3 Å². The van der Waals surface area contributed by atoms with E-state index >= 15 is 0 Å². The van der Waals surface area contributed by atoms with Gasteiger partial charge in [0.05, 0.1) is 85.5 Å². The Labute approximate surface area is 309 Å². The van der Waals surface area contributed by atoms with Crippen LogP contribution in [0.25, 0.3) is 0 Å². The molecule has 5 N–H and O–H groups in total.